The molecule has 7 heteroatoms. The van der Waals surface area contributed by atoms with Gasteiger partial charge in [-0.3, -0.25) is 0 Å². The molecule has 0 aliphatic rings. The fourth-order valence-corrected chi connectivity index (χ4v) is 0. The summed E-state index contributed by atoms with van der Waals surface area (Å²) in [6.07, 6.45) is -2.33. The Kier molecular flexibility index (Phi) is 91.0. The molecule has 0 amide bonds. The normalized spacial score (nSPS) is 3.00. The van der Waals surface area contributed by atoms with Crippen molar-refractivity contribution in [3.8, 4) is 0 Å². The Morgan fingerprint density at radius 3 is 1.00 bits per heavy atom. The Hall–Kier alpha value is 2.23. The SMILES string of the molecule is O=C([O-])[O-].[Ag+].[Ag+].[Ag].[Ag]. The van der Waals surface area contributed by atoms with Gasteiger partial charge in [-0.05, 0) is 6.16 Å². The Balaban J connectivity index is -0.00000000750. The van der Waals surface area contributed by atoms with Gasteiger partial charge in [0.25, 0.3) is 0 Å². The van der Waals surface area contributed by atoms with Crippen molar-refractivity contribution in [3.63, 3.8) is 0 Å². The van der Waals surface area contributed by atoms with Crippen LogP contribution < -0.4 is 10.2 Å². The third-order valence-electron chi connectivity index (χ3n) is 0. The van der Waals surface area contributed by atoms with Crippen LogP contribution in [0.2, 0.25) is 0 Å². The van der Waals surface area contributed by atoms with Gasteiger partial charge in [-0.25, -0.2) is 0 Å². The van der Waals surface area contributed by atoms with E-state index in [1.165, 1.54) is 0 Å². The van der Waals surface area contributed by atoms with E-state index in [9.17, 15) is 0 Å². The molecule has 0 bridgehead atoms. The molecule has 0 aromatic heterocycles. The van der Waals surface area contributed by atoms with Crippen molar-refractivity contribution in [2.75, 3.05) is 0 Å². The molecule has 0 rings (SSSR count). The smallest absolute Gasteiger partial charge is 0.652 e. The molecule has 0 aromatic carbocycles. The van der Waals surface area contributed by atoms with E-state index in [1.54, 1.807) is 0 Å². The van der Waals surface area contributed by atoms with Gasteiger partial charge in [-0.2, -0.15) is 0 Å². The van der Waals surface area contributed by atoms with E-state index in [0.29, 0.717) is 0 Å². The maximum Gasteiger partial charge on any atom is 1.00 e. The van der Waals surface area contributed by atoms with E-state index in [-0.39, 0.29) is 89.5 Å². The molecule has 0 N–H and O–H groups in total. The fraction of sp³-hybridized carbons (Fsp3) is 0. The molecule has 0 saturated heterocycles. The van der Waals surface area contributed by atoms with Crippen LogP contribution in [0.4, 0.5) is 4.79 Å². The third-order valence-corrected chi connectivity index (χ3v) is 0. The van der Waals surface area contributed by atoms with Crippen LogP contribution in [-0.2, 0) is 89.5 Å². The zero-order chi connectivity index (χ0) is 3.58. The van der Waals surface area contributed by atoms with Gasteiger partial charge >= 0.3 is 44.8 Å². The van der Waals surface area contributed by atoms with E-state index in [0.717, 1.165) is 0 Å². The van der Waals surface area contributed by atoms with Crippen molar-refractivity contribution in [1.82, 2.24) is 0 Å². The number of carbonyl (C=O) groups is 1. The van der Waals surface area contributed by atoms with Crippen LogP contribution in [0.5, 0.6) is 0 Å². The van der Waals surface area contributed by atoms with Crippen LogP contribution in [-0.4, -0.2) is 6.16 Å². The Morgan fingerprint density at radius 1 is 1.00 bits per heavy atom. The van der Waals surface area contributed by atoms with Crippen LogP contribution in [0.1, 0.15) is 0 Å². The topological polar surface area (TPSA) is 63.2 Å². The standard InChI is InChI=1S/CH2O3.4Ag/c2-1(3)4;;;;/h(H2,2,3,4);;;;/q;;;2*+1/p-2. The van der Waals surface area contributed by atoms with E-state index in [1.807, 2.05) is 0 Å². The Morgan fingerprint density at radius 2 is 1.00 bits per heavy atom. The van der Waals surface area contributed by atoms with Crippen LogP contribution >= 0.6 is 0 Å². The van der Waals surface area contributed by atoms with Crippen molar-refractivity contribution in [2.45, 2.75) is 0 Å². The van der Waals surface area contributed by atoms with E-state index >= 15 is 0 Å². The van der Waals surface area contributed by atoms with Gasteiger partial charge in [-0.15, -0.1) is 0 Å². The van der Waals surface area contributed by atoms with Crippen molar-refractivity contribution < 1.29 is 105 Å². The summed E-state index contributed by atoms with van der Waals surface area (Å²) >= 11 is 0. The van der Waals surface area contributed by atoms with Gasteiger partial charge in [0, 0.05) is 44.8 Å². The van der Waals surface area contributed by atoms with Crippen molar-refractivity contribution in [2.24, 2.45) is 0 Å². The summed E-state index contributed by atoms with van der Waals surface area (Å²) < 4.78 is 0. The van der Waals surface area contributed by atoms with Gasteiger partial charge in [0.2, 0.25) is 0 Å². The number of hydrogen-bond acceptors (Lipinski definition) is 3. The molecule has 8 heavy (non-hydrogen) atoms. The van der Waals surface area contributed by atoms with Gasteiger partial charge in [-0.1, -0.05) is 0 Å². The van der Waals surface area contributed by atoms with Crippen molar-refractivity contribution >= 4 is 6.16 Å². The molecule has 0 fully saturated rings. The summed E-state index contributed by atoms with van der Waals surface area (Å²) in [5.41, 5.74) is 0. The molecule has 2 radical (unpaired) electrons. The summed E-state index contributed by atoms with van der Waals surface area (Å²) in [4.78, 5) is 8.33. The second-order valence-electron chi connectivity index (χ2n) is 0.250. The fourth-order valence-electron chi connectivity index (χ4n) is 0. The van der Waals surface area contributed by atoms with E-state index < -0.39 is 6.16 Å². The average Bonchev–Trinajstić information content (AvgIpc) is 0.811. The average molecular weight is 491 g/mol. The Labute approximate surface area is 109 Å². The summed E-state index contributed by atoms with van der Waals surface area (Å²) in [5, 5.41) is 16.7. The first-order valence-electron chi connectivity index (χ1n) is 0.612. The molecule has 66 valence electrons. The number of rotatable bonds is 0. The van der Waals surface area contributed by atoms with Crippen LogP contribution in [0.25, 0.3) is 0 Å². The second-order valence-corrected chi connectivity index (χ2v) is 0.250. The monoisotopic (exact) mass is 488 g/mol. The molecule has 0 spiro atoms. The maximum absolute atomic E-state index is 8.33. The summed E-state index contributed by atoms with van der Waals surface area (Å²) in [6.45, 7) is 0. The van der Waals surface area contributed by atoms with Gasteiger partial charge in [0.05, 0.1) is 0 Å². The molecule has 0 unspecified atom stereocenters. The zero-order valence-corrected chi connectivity index (χ0v) is 8.86. The van der Waals surface area contributed by atoms with Crippen LogP contribution in [0, 0.1) is 0 Å². The zero-order valence-electron chi connectivity index (χ0n) is 2.93. The van der Waals surface area contributed by atoms with E-state index in [2.05, 4.69) is 0 Å². The molecule has 0 aromatic rings. The summed E-state index contributed by atoms with van der Waals surface area (Å²) in [7, 11) is 0. The molecular weight excluding hydrogens is 491 g/mol. The second kappa shape index (κ2) is 22.9. The Bertz CT molecular complexity index is 34.3. The van der Waals surface area contributed by atoms with Crippen LogP contribution in [0.15, 0.2) is 0 Å². The molecule has 0 aliphatic heterocycles. The molecule has 0 heterocycles. The van der Waals surface area contributed by atoms with Crippen molar-refractivity contribution in [1.29, 1.82) is 0 Å². The first-order chi connectivity index (χ1) is 1.73. The summed E-state index contributed by atoms with van der Waals surface area (Å²) in [5.74, 6) is 0. The first-order valence-corrected chi connectivity index (χ1v) is 0.612. The molecule has 0 aliphatic carbocycles. The number of hydrogen-bond donors (Lipinski definition) is 0. The quantitative estimate of drug-likeness (QED) is 0.354. The predicted molar refractivity (Wildman–Crippen MR) is 5.40 cm³/mol. The molecular formula is CAg4O3. The van der Waals surface area contributed by atoms with Crippen molar-refractivity contribution in [3.05, 3.63) is 0 Å². The third kappa shape index (κ3) is 86.5. The van der Waals surface area contributed by atoms with E-state index in [4.69, 9.17) is 15.0 Å². The molecule has 0 saturated carbocycles. The molecule has 0 atom stereocenters. The minimum Gasteiger partial charge on any atom is -0.652 e. The van der Waals surface area contributed by atoms with Gasteiger partial charge < -0.3 is 15.0 Å². The minimum absolute atomic E-state index is 0. The van der Waals surface area contributed by atoms with Gasteiger partial charge in [0.1, 0.15) is 0 Å². The minimum atomic E-state index is -2.33. The number of carboxylic acid groups (broad SMARTS) is 2. The number of carbonyl (C=O) groups excluding carboxylic acids is 1. The van der Waals surface area contributed by atoms with Gasteiger partial charge in [0.15, 0.2) is 0 Å². The predicted octanol–water partition coefficient (Wildman–Crippen LogP) is -2.46. The summed E-state index contributed by atoms with van der Waals surface area (Å²) in [6, 6.07) is 0. The first kappa shape index (κ1) is 31.9. The largest absolute Gasteiger partial charge is 1.00 e. The molecule has 3 nitrogen and oxygen atoms in total. The maximum atomic E-state index is 8.33. The van der Waals surface area contributed by atoms with Crippen LogP contribution in [0.3, 0.4) is 0 Å².